The first kappa shape index (κ1) is 30.6. The van der Waals surface area contributed by atoms with Crippen LogP contribution in [0, 0.1) is 0 Å². The van der Waals surface area contributed by atoms with Crippen LogP contribution in [0.4, 0.5) is 0 Å². The Hall–Kier alpha value is -0.450. The maximum Gasteiger partial charge on any atom is 0.362 e. The molecule has 0 aromatic heterocycles. The van der Waals surface area contributed by atoms with Crippen LogP contribution in [0.3, 0.4) is 0 Å². The number of hydrogen-bond donors (Lipinski definition) is 3. The largest absolute Gasteiger partial charge is 0.373 e. The van der Waals surface area contributed by atoms with Crippen molar-refractivity contribution in [3.05, 3.63) is 24.3 Å². The molecule has 0 aliphatic carbocycles. The highest BCUT2D eigenvalue weighted by Gasteiger charge is 2.48. The van der Waals surface area contributed by atoms with Crippen LogP contribution in [0.2, 0.25) is 0 Å². The lowest BCUT2D eigenvalue weighted by Crippen LogP contribution is -2.49. The molecule has 0 amide bonds. The summed E-state index contributed by atoms with van der Waals surface area (Å²) in [6, 6.07) is 0. The van der Waals surface area contributed by atoms with E-state index in [9.17, 15) is 19.5 Å². The fourth-order valence-corrected chi connectivity index (χ4v) is 4.91. The Labute approximate surface area is 192 Å². The third kappa shape index (κ3) is 17.7. The summed E-state index contributed by atoms with van der Waals surface area (Å²) in [5.74, 6) is 0. The third-order valence-electron chi connectivity index (χ3n) is 5.53. The van der Waals surface area contributed by atoms with Gasteiger partial charge in [-0.25, -0.2) is 0 Å². The molecule has 3 N–H and O–H groups in total. The molecule has 0 bridgehead atoms. The molecule has 0 heterocycles. The van der Waals surface area contributed by atoms with Crippen LogP contribution >= 0.6 is 7.60 Å². The van der Waals surface area contributed by atoms with Gasteiger partial charge in [0.2, 0.25) is 5.34 Å². The van der Waals surface area contributed by atoms with E-state index in [1.165, 1.54) is 57.8 Å². The molecule has 184 valence electrons. The molecule has 0 aliphatic rings. The van der Waals surface area contributed by atoms with Gasteiger partial charge in [-0.15, -0.1) is 0 Å². The quantitative estimate of drug-likeness (QED) is 0.0834. The molecule has 6 heteroatoms. The van der Waals surface area contributed by atoms with Crippen molar-refractivity contribution in [3.63, 3.8) is 0 Å². The van der Waals surface area contributed by atoms with Gasteiger partial charge in [0.25, 0.3) is 0 Å². The van der Waals surface area contributed by atoms with E-state index in [2.05, 4.69) is 31.2 Å². The van der Waals surface area contributed by atoms with Crippen molar-refractivity contribution in [2.24, 2.45) is 0 Å². The summed E-state index contributed by atoms with van der Waals surface area (Å²) in [7, 11) is 0.933. The van der Waals surface area contributed by atoms with Crippen LogP contribution in [-0.2, 0) is 4.57 Å². The predicted molar refractivity (Wildman–Crippen MR) is 133 cm³/mol. The number of aliphatic hydroxyl groups is 1. The minimum atomic E-state index is -4.56. The fraction of sp³-hybridized carbons (Fsp3) is 0.840. The number of quaternary nitrogens is 1. The molecular formula is C25H51NO4P+. The second kappa shape index (κ2) is 17.1. The van der Waals surface area contributed by atoms with Crippen molar-refractivity contribution < 1.29 is 23.9 Å². The lowest BCUT2D eigenvalue weighted by molar-refractivity contribution is -0.875. The lowest BCUT2D eigenvalue weighted by atomic mass is 10.1. The van der Waals surface area contributed by atoms with Gasteiger partial charge in [0, 0.05) is 0 Å². The second-order valence-corrected chi connectivity index (χ2v) is 11.9. The molecule has 0 rings (SSSR count). The summed E-state index contributed by atoms with van der Waals surface area (Å²) in [6.45, 7) is 2.23. The van der Waals surface area contributed by atoms with Crippen molar-refractivity contribution in [2.45, 2.75) is 109 Å². The molecular weight excluding hydrogens is 409 g/mol. The summed E-state index contributed by atoms with van der Waals surface area (Å²) in [4.78, 5) is 19.2. The molecule has 5 nitrogen and oxygen atoms in total. The Bertz CT molecular complexity index is 536. The van der Waals surface area contributed by atoms with Crippen molar-refractivity contribution in [1.82, 2.24) is 0 Å². The van der Waals surface area contributed by atoms with E-state index in [1.807, 2.05) is 21.1 Å². The van der Waals surface area contributed by atoms with E-state index >= 15 is 0 Å². The molecule has 1 unspecified atom stereocenters. The SMILES string of the molecule is CC/C=C\CCCCCCCCCC/C=C\CCCCC(O)(C[N+](C)(C)C)P(=O)(O)O. The Morgan fingerprint density at radius 3 is 1.48 bits per heavy atom. The molecule has 0 saturated carbocycles. The summed E-state index contributed by atoms with van der Waals surface area (Å²) in [5, 5.41) is 8.59. The van der Waals surface area contributed by atoms with E-state index in [0.717, 1.165) is 25.7 Å². The highest BCUT2D eigenvalue weighted by Crippen LogP contribution is 2.52. The molecule has 0 aromatic rings. The molecule has 31 heavy (non-hydrogen) atoms. The van der Waals surface area contributed by atoms with Gasteiger partial charge in [-0.05, 0) is 57.8 Å². The van der Waals surface area contributed by atoms with Gasteiger partial charge in [-0.2, -0.15) is 0 Å². The maximum absolute atomic E-state index is 11.8. The van der Waals surface area contributed by atoms with Crippen molar-refractivity contribution in [3.8, 4) is 0 Å². The number of likely N-dealkylation sites (N-methyl/N-ethyl adjacent to an activating group) is 1. The fourth-order valence-electron chi connectivity index (χ4n) is 3.85. The number of unbranched alkanes of at least 4 members (excludes halogenated alkanes) is 11. The van der Waals surface area contributed by atoms with Gasteiger partial charge in [0.1, 0.15) is 6.54 Å². The first-order valence-corrected chi connectivity index (χ1v) is 14.0. The summed E-state index contributed by atoms with van der Waals surface area (Å²) < 4.78 is 12.1. The van der Waals surface area contributed by atoms with E-state index in [1.54, 1.807) is 0 Å². The normalized spacial score (nSPS) is 15.2. The average molecular weight is 461 g/mol. The van der Waals surface area contributed by atoms with Crippen LogP contribution in [0.1, 0.15) is 103 Å². The smallest absolute Gasteiger partial charge is 0.362 e. The van der Waals surface area contributed by atoms with Gasteiger partial charge in [-0.1, -0.05) is 69.8 Å². The van der Waals surface area contributed by atoms with Crippen LogP contribution < -0.4 is 0 Å². The Kier molecular flexibility index (Phi) is 16.8. The highest BCUT2D eigenvalue weighted by atomic mass is 31.2. The second-order valence-electron chi connectivity index (χ2n) is 9.98. The first-order chi connectivity index (χ1) is 14.5. The molecule has 0 aliphatic heterocycles. The predicted octanol–water partition coefficient (Wildman–Crippen LogP) is 6.54. The summed E-state index contributed by atoms with van der Waals surface area (Å²) >= 11 is 0. The molecule has 0 radical (unpaired) electrons. The Morgan fingerprint density at radius 2 is 1.10 bits per heavy atom. The first-order valence-electron chi connectivity index (χ1n) is 12.4. The minimum Gasteiger partial charge on any atom is -0.373 e. The van der Waals surface area contributed by atoms with Crippen LogP contribution in [0.25, 0.3) is 0 Å². The number of nitrogens with zero attached hydrogens (tertiary/aromatic N) is 1. The number of allylic oxidation sites excluding steroid dienone is 4. The Morgan fingerprint density at radius 1 is 0.710 bits per heavy atom. The monoisotopic (exact) mass is 460 g/mol. The van der Waals surface area contributed by atoms with Gasteiger partial charge < -0.3 is 19.4 Å². The highest BCUT2D eigenvalue weighted by molar-refractivity contribution is 7.53. The van der Waals surface area contributed by atoms with Gasteiger partial charge in [0.05, 0.1) is 21.1 Å². The molecule has 0 spiro atoms. The van der Waals surface area contributed by atoms with Crippen molar-refractivity contribution in [1.29, 1.82) is 0 Å². The van der Waals surface area contributed by atoms with E-state index in [4.69, 9.17) is 0 Å². The zero-order chi connectivity index (χ0) is 23.6. The zero-order valence-electron chi connectivity index (χ0n) is 20.8. The van der Waals surface area contributed by atoms with E-state index < -0.39 is 12.9 Å². The van der Waals surface area contributed by atoms with Crippen molar-refractivity contribution >= 4 is 7.60 Å². The maximum atomic E-state index is 11.8. The number of hydrogen-bond acceptors (Lipinski definition) is 2. The van der Waals surface area contributed by atoms with E-state index in [0.29, 0.717) is 10.9 Å². The zero-order valence-corrected chi connectivity index (χ0v) is 21.7. The van der Waals surface area contributed by atoms with Gasteiger partial charge in [0.15, 0.2) is 0 Å². The lowest BCUT2D eigenvalue weighted by Gasteiger charge is -2.35. The molecule has 0 fully saturated rings. The summed E-state index contributed by atoms with van der Waals surface area (Å²) in [5.41, 5.74) is 0. The standard InChI is InChI=1S/C25H50NO4P/c1-5-6-7-8-9-10-11-12-13-14-15-16-17-18-19-20-21-22-23-25(27,31(28,29)30)24-26(2,3)4/h6-7,18-19,27H,5,8-17,20-24H2,1-4H3,(H-,28,29,30)/p+1/b7-6-,19-18-. The van der Waals surface area contributed by atoms with Crippen LogP contribution in [0.5, 0.6) is 0 Å². The van der Waals surface area contributed by atoms with Crippen molar-refractivity contribution in [2.75, 3.05) is 27.7 Å². The third-order valence-corrected chi connectivity index (χ3v) is 6.98. The van der Waals surface area contributed by atoms with E-state index in [-0.39, 0.29) is 13.0 Å². The summed E-state index contributed by atoms with van der Waals surface area (Å²) in [6.07, 6.45) is 25.6. The molecule has 1 atom stereocenters. The van der Waals surface area contributed by atoms with Gasteiger partial charge >= 0.3 is 7.60 Å². The topological polar surface area (TPSA) is 77.8 Å². The molecule has 0 aromatic carbocycles. The van der Waals surface area contributed by atoms with Crippen LogP contribution in [-0.4, -0.2) is 52.4 Å². The average Bonchev–Trinajstić information content (AvgIpc) is 2.65. The number of rotatable bonds is 20. The van der Waals surface area contributed by atoms with Crippen LogP contribution in [0.15, 0.2) is 24.3 Å². The minimum absolute atomic E-state index is 0.0451. The van der Waals surface area contributed by atoms with Gasteiger partial charge in [-0.3, -0.25) is 4.57 Å². The Balaban J connectivity index is 3.69. The molecule has 0 saturated heterocycles.